The fourth-order valence-corrected chi connectivity index (χ4v) is 2.53. The average Bonchev–Trinajstić information content (AvgIpc) is 3.18. The van der Waals surface area contributed by atoms with Gasteiger partial charge in [0.05, 0.1) is 0 Å². The molecule has 1 aliphatic rings. The second-order valence-corrected chi connectivity index (χ2v) is 5.98. The van der Waals surface area contributed by atoms with Crippen molar-refractivity contribution in [2.24, 2.45) is 0 Å². The molecule has 1 atom stereocenters. The lowest BCUT2D eigenvalue weighted by atomic mass is 10.0. The van der Waals surface area contributed by atoms with E-state index in [9.17, 15) is 4.79 Å². The number of amides is 1. The van der Waals surface area contributed by atoms with Gasteiger partial charge in [-0.25, -0.2) is 0 Å². The number of benzene rings is 1. The van der Waals surface area contributed by atoms with E-state index >= 15 is 0 Å². The van der Waals surface area contributed by atoms with Crippen LogP contribution in [0.3, 0.4) is 0 Å². The van der Waals surface area contributed by atoms with Crippen molar-refractivity contribution in [3.63, 3.8) is 0 Å². The van der Waals surface area contributed by atoms with E-state index in [1.54, 1.807) is 0 Å². The van der Waals surface area contributed by atoms with Crippen molar-refractivity contribution in [2.75, 3.05) is 6.54 Å². The lowest BCUT2D eigenvalue weighted by Gasteiger charge is -2.17. The summed E-state index contributed by atoms with van der Waals surface area (Å²) in [6, 6.07) is 9.09. The van der Waals surface area contributed by atoms with Gasteiger partial charge in [0.15, 0.2) is 0 Å². The molecule has 1 amide bonds. The van der Waals surface area contributed by atoms with Gasteiger partial charge in [0.25, 0.3) is 0 Å². The molecule has 1 fully saturated rings. The molecule has 19 heavy (non-hydrogen) atoms. The molecular formula is C15H21BrN2O. The van der Waals surface area contributed by atoms with Crippen LogP contribution in [0.5, 0.6) is 0 Å². The van der Waals surface area contributed by atoms with E-state index in [2.05, 4.69) is 45.6 Å². The monoisotopic (exact) mass is 324 g/mol. The molecule has 104 valence electrons. The summed E-state index contributed by atoms with van der Waals surface area (Å²) < 4.78 is 1.09. The van der Waals surface area contributed by atoms with E-state index in [1.165, 1.54) is 5.56 Å². The van der Waals surface area contributed by atoms with Gasteiger partial charge in [0, 0.05) is 29.5 Å². The molecule has 3 nitrogen and oxygen atoms in total. The van der Waals surface area contributed by atoms with Crippen LogP contribution in [0.1, 0.15) is 44.2 Å². The third kappa shape index (κ3) is 4.96. The van der Waals surface area contributed by atoms with Crippen LogP contribution in [-0.2, 0) is 4.79 Å². The summed E-state index contributed by atoms with van der Waals surface area (Å²) in [7, 11) is 0. The highest BCUT2D eigenvalue weighted by Crippen LogP contribution is 2.21. The van der Waals surface area contributed by atoms with Crippen molar-refractivity contribution in [3.8, 4) is 0 Å². The average molecular weight is 325 g/mol. The first kappa shape index (κ1) is 14.5. The van der Waals surface area contributed by atoms with Crippen molar-refractivity contribution < 1.29 is 4.79 Å². The van der Waals surface area contributed by atoms with E-state index in [-0.39, 0.29) is 5.91 Å². The summed E-state index contributed by atoms with van der Waals surface area (Å²) in [6.07, 6.45) is 3.87. The molecule has 4 heteroatoms. The number of carbonyl (C=O) groups excluding carboxylic acids is 1. The van der Waals surface area contributed by atoms with Gasteiger partial charge in [0.1, 0.15) is 0 Å². The number of hydrogen-bond donors (Lipinski definition) is 2. The van der Waals surface area contributed by atoms with Gasteiger partial charge in [0.2, 0.25) is 5.91 Å². The lowest BCUT2D eigenvalue weighted by molar-refractivity contribution is -0.121. The van der Waals surface area contributed by atoms with Crippen LogP contribution in [0.15, 0.2) is 28.7 Å². The zero-order chi connectivity index (χ0) is 13.7. The first-order valence-electron chi connectivity index (χ1n) is 6.97. The third-order valence-corrected chi connectivity index (χ3v) is 3.84. The predicted octanol–water partition coefficient (Wildman–Crippen LogP) is 3.16. The minimum Gasteiger partial charge on any atom is -0.353 e. The molecule has 0 spiro atoms. The summed E-state index contributed by atoms with van der Waals surface area (Å²) >= 11 is 3.49. The Labute approximate surface area is 123 Å². The Balaban J connectivity index is 1.77. The highest BCUT2D eigenvalue weighted by Gasteiger charge is 2.22. The summed E-state index contributed by atoms with van der Waals surface area (Å²) in [6.45, 7) is 2.88. The van der Waals surface area contributed by atoms with Crippen molar-refractivity contribution in [3.05, 3.63) is 34.3 Å². The standard InChI is InChI=1S/C15H21BrN2O/c1-2-14(11-4-3-5-12(16)10-11)17-9-8-15(19)18-13-6-7-13/h3-5,10,13-14,17H,2,6-9H2,1H3,(H,18,19). The van der Waals surface area contributed by atoms with E-state index < -0.39 is 0 Å². The second-order valence-electron chi connectivity index (χ2n) is 5.06. The van der Waals surface area contributed by atoms with Gasteiger partial charge in [-0.1, -0.05) is 35.0 Å². The van der Waals surface area contributed by atoms with Crippen molar-refractivity contribution in [2.45, 2.75) is 44.7 Å². The summed E-state index contributed by atoms with van der Waals surface area (Å²) in [5.74, 6) is 0.166. The molecule has 0 saturated heterocycles. The number of hydrogen-bond acceptors (Lipinski definition) is 2. The number of halogens is 1. The maximum atomic E-state index is 11.6. The van der Waals surface area contributed by atoms with Crippen LogP contribution < -0.4 is 10.6 Å². The quantitative estimate of drug-likeness (QED) is 0.808. The zero-order valence-electron chi connectivity index (χ0n) is 11.3. The Morgan fingerprint density at radius 2 is 2.26 bits per heavy atom. The topological polar surface area (TPSA) is 41.1 Å². The van der Waals surface area contributed by atoms with Gasteiger partial charge in [-0.2, -0.15) is 0 Å². The summed E-state index contributed by atoms with van der Waals surface area (Å²) in [5.41, 5.74) is 1.26. The normalized spacial score (nSPS) is 16.1. The van der Waals surface area contributed by atoms with Gasteiger partial charge in [-0.05, 0) is 37.0 Å². The highest BCUT2D eigenvalue weighted by molar-refractivity contribution is 9.10. The summed E-state index contributed by atoms with van der Waals surface area (Å²) in [4.78, 5) is 11.6. The minimum atomic E-state index is 0.166. The minimum absolute atomic E-state index is 0.166. The van der Waals surface area contributed by atoms with E-state index in [0.717, 1.165) is 30.3 Å². The third-order valence-electron chi connectivity index (χ3n) is 3.34. The fraction of sp³-hybridized carbons (Fsp3) is 0.533. The molecule has 1 unspecified atom stereocenters. The largest absolute Gasteiger partial charge is 0.353 e. The van der Waals surface area contributed by atoms with Gasteiger partial charge >= 0.3 is 0 Å². The Morgan fingerprint density at radius 1 is 1.47 bits per heavy atom. The molecule has 1 aromatic carbocycles. The second kappa shape index (κ2) is 7.06. The smallest absolute Gasteiger partial charge is 0.221 e. The molecule has 1 aromatic rings. The first-order valence-corrected chi connectivity index (χ1v) is 7.76. The first-order chi connectivity index (χ1) is 9.19. The zero-order valence-corrected chi connectivity index (χ0v) is 12.9. The summed E-state index contributed by atoms with van der Waals surface area (Å²) in [5, 5.41) is 6.46. The van der Waals surface area contributed by atoms with E-state index in [0.29, 0.717) is 18.5 Å². The SMILES string of the molecule is CCC(NCCC(=O)NC1CC1)c1cccc(Br)c1. The van der Waals surface area contributed by atoms with Gasteiger partial charge in [-0.3, -0.25) is 4.79 Å². The van der Waals surface area contributed by atoms with E-state index in [4.69, 9.17) is 0 Å². The van der Waals surface area contributed by atoms with Crippen molar-refractivity contribution >= 4 is 21.8 Å². The molecule has 0 heterocycles. The van der Waals surface area contributed by atoms with E-state index in [1.807, 2.05) is 12.1 Å². The molecule has 2 N–H and O–H groups in total. The van der Waals surface area contributed by atoms with Crippen LogP contribution in [-0.4, -0.2) is 18.5 Å². The fourth-order valence-electron chi connectivity index (χ4n) is 2.11. The molecule has 1 aliphatic carbocycles. The molecule has 0 aromatic heterocycles. The van der Waals surface area contributed by atoms with Crippen molar-refractivity contribution in [1.82, 2.24) is 10.6 Å². The van der Waals surface area contributed by atoms with Crippen molar-refractivity contribution in [1.29, 1.82) is 0 Å². The molecule has 0 radical (unpaired) electrons. The van der Waals surface area contributed by atoms with Crippen LogP contribution in [0.25, 0.3) is 0 Å². The molecular weight excluding hydrogens is 304 g/mol. The number of rotatable bonds is 7. The predicted molar refractivity (Wildman–Crippen MR) is 81.0 cm³/mol. The molecule has 2 rings (SSSR count). The van der Waals surface area contributed by atoms with Crippen LogP contribution in [0, 0.1) is 0 Å². The Bertz CT molecular complexity index is 432. The van der Waals surface area contributed by atoms with Gasteiger partial charge in [-0.15, -0.1) is 0 Å². The number of carbonyl (C=O) groups is 1. The van der Waals surface area contributed by atoms with Gasteiger partial charge < -0.3 is 10.6 Å². The van der Waals surface area contributed by atoms with Crippen LogP contribution in [0.4, 0.5) is 0 Å². The van der Waals surface area contributed by atoms with Crippen LogP contribution in [0.2, 0.25) is 0 Å². The van der Waals surface area contributed by atoms with Crippen LogP contribution >= 0.6 is 15.9 Å². The molecule has 0 aliphatic heterocycles. The molecule has 0 bridgehead atoms. The highest BCUT2D eigenvalue weighted by atomic mass is 79.9. The Morgan fingerprint density at radius 3 is 2.89 bits per heavy atom. The Kier molecular flexibility index (Phi) is 5.40. The molecule has 1 saturated carbocycles. The maximum Gasteiger partial charge on any atom is 0.221 e. The maximum absolute atomic E-state index is 11.6. The Hall–Kier alpha value is -0.870. The number of nitrogens with one attached hydrogen (secondary N) is 2. The lowest BCUT2D eigenvalue weighted by Crippen LogP contribution is -2.30.